The molecular formula is C18H25NO4. The van der Waals surface area contributed by atoms with Crippen LogP contribution in [-0.2, 0) is 15.0 Å². The van der Waals surface area contributed by atoms with Crippen LogP contribution in [0.3, 0.4) is 0 Å². The number of aliphatic carboxylic acids is 1. The Kier molecular flexibility index (Phi) is 4.97. The average Bonchev–Trinajstić information content (AvgIpc) is 2.96. The number of likely N-dealkylation sites (tertiary alicyclic amines) is 1. The topological polar surface area (TPSA) is 66.8 Å². The average molecular weight is 319 g/mol. The number of carbonyl (C=O) groups is 2. The lowest BCUT2D eigenvalue weighted by molar-refractivity contribution is -0.142. The number of nitrogens with zero attached hydrogens (tertiary/aromatic N) is 1. The lowest BCUT2D eigenvalue weighted by atomic mass is 9.87. The van der Waals surface area contributed by atoms with Gasteiger partial charge in [-0.15, -0.1) is 0 Å². The molecule has 1 fully saturated rings. The first kappa shape index (κ1) is 17.3. The van der Waals surface area contributed by atoms with Crippen LogP contribution in [0.4, 0.5) is 0 Å². The van der Waals surface area contributed by atoms with Gasteiger partial charge in [-0.1, -0.05) is 32.9 Å². The molecule has 1 aromatic carbocycles. The standard InChI is InChI=1S/C18H25NO4/c1-12(16(20)19-10-9-13(11-19)17(21)22)23-15-7-5-14(6-8-15)18(2,3)4/h5-8,12-13H,9-11H2,1-4H3,(H,21,22). The third-order valence-electron chi connectivity index (χ3n) is 4.23. The molecule has 1 saturated heterocycles. The summed E-state index contributed by atoms with van der Waals surface area (Å²) in [6, 6.07) is 7.74. The first-order valence-electron chi connectivity index (χ1n) is 7.97. The number of ether oxygens (including phenoxy) is 1. The van der Waals surface area contributed by atoms with E-state index in [9.17, 15) is 9.59 Å². The molecule has 1 aliphatic heterocycles. The first-order valence-corrected chi connectivity index (χ1v) is 7.97. The fourth-order valence-corrected chi connectivity index (χ4v) is 2.71. The molecule has 1 amide bonds. The van der Waals surface area contributed by atoms with E-state index in [1.54, 1.807) is 11.8 Å². The molecule has 23 heavy (non-hydrogen) atoms. The molecule has 1 aromatic rings. The van der Waals surface area contributed by atoms with Crippen LogP contribution in [0.2, 0.25) is 0 Å². The van der Waals surface area contributed by atoms with E-state index in [4.69, 9.17) is 9.84 Å². The van der Waals surface area contributed by atoms with Gasteiger partial charge in [0, 0.05) is 13.1 Å². The Morgan fingerprint density at radius 3 is 2.35 bits per heavy atom. The van der Waals surface area contributed by atoms with Crippen molar-refractivity contribution in [3.05, 3.63) is 29.8 Å². The molecule has 0 spiro atoms. The fourth-order valence-electron chi connectivity index (χ4n) is 2.71. The molecule has 0 saturated carbocycles. The lowest BCUT2D eigenvalue weighted by Gasteiger charge is -2.22. The molecule has 2 unspecified atom stereocenters. The largest absolute Gasteiger partial charge is 0.481 e. The number of carbonyl (C=O) groups excluding carboxylic acids is 1. The molecule has 1 aliphatic rings. The summed E-state index contributed by atoms with van der Waals surface area (Å²) in [5.41, 5.74) is 1.27. The van der Waals surface area contributed by atoms with Crippen molar-refractivity contribution in [2.45, 2.75) is 45.6 Å². The lowest BCUT2D eigenvalue weighted by Crippen LogP contribution is -2.39. The second-order valence-electron chi connectivity index (χ2n) is 7.14. The minimum atomic E-state index is -0.841. The maximum absolute atomic E-state index is 12.4. The number of hydrogen-bond donors (Lipinski definition) is 1. The SMILES string of the molecule is CC(Oc1ccc(C(C)(C)C)cc1)C(=O)N1CCC(C(=O)O)C1. The van der Waals surface area contributed by atoms with Gasteiger partial charge in [-0.25, -0.2) is 0 Å². The van der Waals surface area contributed by atoms with E-state index in [-0.39, 0.29) is 17.9 Å². The second-order valence-corrected chi connectivity index (χ2v) is 7.14. The second kappa shape index (κ2) is 6.60. The van der Waals surface area contributed by atoms with Gasteiger partial charge < -0.3 is 14.7 Å². The van der Waals surface area contributed by atoms with E-state index in [0.717, 1.165) is 0 Å². The number of amides is 1. The summed E-state index contributed by atoms with van der Waals surface area (Å²) in [6.07, 6.45) is -0.114. The molecule has 5 heteroatoms. The van der Waals surface area contributed by atoms with Crippen molar-refractivity contribution < 1.29 is 19.4 Å². The van der Waals surface area contributed by atoms with Crippen molar-refractivity contribution in [3.8, 4) is 5.75 Å². The van der Waals surface area contributed by atoms with Gasteiger partial charge in [-0.05, 0) is 36.5 Å². The van der Waals surface area contributed by atoms with E-state index >= 15 is 0 Å². The van der Waals surface area contributed by atoms with Crippen molar-refractivity contribution in [1.82, 2.24) is 4.90 Å². The number of hydrogen-bond acceptors (Lipinski definition) is 3. The molecule has 2 rings (SSSR count). The molecule has 1 heterocycles. The summed E-state index contributed by atoms with van der Waals surface area (Å²) < 4.78 is 5.71. The van der Waals surface area contributed by atoms with E-state index in [2.05, 4.69) is 20.8 Å². The highest BCUT2D eigenvalue weighted by molar-refractivity contribution is 5.82. The summed E-state index contributed by atoms with van der Waals surface area (Å²) in [4.78, 5) is 24.9. The molecule has 2 atom stereocenters. The molecule has 5 nitrogen and oxygen atoms in total. The molecule has 0 aliphatic carbocycles. The summed E-state index contributed by atoms with van der Waals surface area (Å²) in [5.74, 6) is -0.815. The van der Waals surface area contributed by atoms with Gasteiger partial charge in [0.15, 0.2) is 6.10 Å². The number of benzene rings is 1. The zero-order chi connectivity index (χ0) is 17.2. The van der Waals surface area contributed by atoms with Crippen molar-refractivity contribution in [2.75, 3.05) is 13.1 Å². The van der Waals surface area contributed by atoms with Crippen LogP contribution in [0.1, 0.15) is 39.7 Å². The minimum Gasteiger partial charge on any atom is -0.481 e. The van der Waals surface area contributed by atoms with E-state index in [1.165, 1.54) is 5.56 Å². The Morgan fingerprint density at radius 2 is 1.87 bits per heavy atom. The summed E-state index contributed by atoms with van der Waals surface area (Å²) in [6.45, 7) is 8.87. The molecule has 126 valence electrons. The normalized spacial score (nSPS) is 19.5. The Morgan fingerprint density at radius 1 is 1.26 bits per heavy atom. The smallest absolute Gasteiger partial charge is 0.308 e. The van der Waals surface area contributed by atoms with Crippen LogP contribution in [0.25, 0.3) is 0 Å². The molecule has 0 aromatic heterocycles. The monoisotopic (exact) mass is 319 g/mol. The molecule has 1 N–H and O–H groups in total. The van der Waals surface area contributed by atoms with Crippen molar-refractivity contribution in [3.63, 3.8) is 0 Å². The van der Waals surface area contributed by atoms with Gasteiger partial charge in [0.25, 0.3) is 5.91 Å². The summed E-state index contributed by atoms with van der Waals surface area (Å²) in [7, 11) is 0. The predicted octanol–water partition coefficient (Wildman–Crippen LogP) is 2.68. The van der Waals surface area contributed by atoms with Crippen molar-refractivity contribution in [1.29, 1.82) is 0 Å². The zero-order valence-electron chi connectivity index (χ0n) is 14.2. The maximum atomic E-state index is 12.4. The highest BCUT2D eigenvalue weighted by atomic mass is 16.5. The van der Waals surface area contributed by atoms with Crippen LogP contribution in [-0.4, -0.2) is 41.1 Å². The van der Waals surface area contributed by atoms with Crippen LogP contribution >= 0.6 is 0 Å². The van der Waals surface area contributed by atoms with Gasteiger partial charge in [0.1, 0.15) is 5.75 Å². The number of carboxylic acid groups (broad SMARTS) is 1. The van der Waals surface area contributed by atoms with E-state index in [1.807, 2.05) is 24.3 Å². The van der Waals surface area contributed by atoms with Gasteiger partial charge in [-0.3, -0.25) is 9.59 Å². The molecular weight excluding hydrogens is 294 g/mol. The predicted molar refractivity (Wildman–Crippen MR) is 87.6 cm³/mol. The molecule has 0 radical (unpaired) electrons. The Bertz CT molecular complexity index is 574. The quantitative estimate of drug-likeness (QED) is 0.926. The van der Waals surface area contributed by atoms with Crippen LogP contribution in [0, 0.1) is 5.92 Å². The third-order valence-corrected chi connectivity index (χ3v) is 4.23. The van der Waals surface area contributed by atoms with Gasteiger partial charge in [0.05, 0.1) is 5.92 Å². The minimum absolute atomic E-state index is 0.0708. The van der Waals surface area contributed by atoms with Crippen molar-refractivity contribution in [2.24, 2.45) is 5.92 Å². The highest BCUT2D eigenvalue weighted by Crippen LogP contribution is 2.25. The Balaban J connectivity index is 1.95. The van der Waals surface area contributed by atoms with Crippen LogP contribution in [0.5, 0.6) is 5.75 Å². The van der Waals surface area contributed by atoms with Crippen molar-refractivity contribution >= 4 is 11.9 Å². The summed E-state index contributed by atoms with van der Waals surface area (Å²) >= 11 is 0. The summed E-state index contributed by atoms with van der Waals surface area (Å²) in [5, 5.41) is 9.01. The van der Waals surface area contributed by atoms with Crippen LogP contribution < -0.4 is 4.74 Å². The maximum Gasteiger partial charge on any atom is 0.308 e. The molecule has 0 bridgehead atoms. The van der Waals surface area contributed by atoms with E-state index < -0.39 is 18.0 Å². The number of carboxylic acids is 1. The van der Waals surface area contributed by atoms with Crippen LogP contribution in [0.15, 0.2) is 24.3 Å². The Labute approximate surface area is 137 Å². The highest BCUT2D eigenvalue weighted by Gasteiger charge is 2.33. The van der Waals surface area contributed by atoms with Gasteiger partial charge in [-0.2, -0.15) is 0 Å². The fraction of sp³-hybridized carbons (Fsp3) is 0.556. The first-order chi connectivity index (χ1) is 10.7. The van der Waals surface area contributed by atoms with E-state index in [0.29, 0.717) is 18.7 Å². The number of rotatable bonds is 4. The zero-order valence-corrected chi connectivity index (χ0v) is 14.2. The van der Waals surface area contributed by atoms with Gasteiger partial charge in [0.2, 0.25) is 0 Å². The third kappa shape index (κ3) is 4.24. The van der Waals surface area contributed by atoms with Gasteiger partial charge >= 0.3 is 5.97 Å². The Hall–Kier alpha value is -2.04.